The van der Waals surface area contributed by atoms with Crippen LogP contribution in [0.1, 0.15) is 31.9 Å². The molecular formula is C14H19N. The van der Waals surface area contributed by atoms with Crippen LogP contribution in [0.4, 0.5) is 0 Å². The normalized spacial score (nSPS) is 24.0. The zero-order valence-corrected chi connectivity index (χ0v) is 9.56. The lowest BCUT2D eigenvalue weighted by Crippen LogP contribution is -2.36. The molecule has 0 aromatic heterocycles. The lowest BCUT2D eigenvalue weighted by Gasteiger charge is -2.35. The van der Waals surface area contributed by atoms with Crippen molar-refractivity contribution in [3.8, 4) is 0 Å². The van der Waals surface area contributed by atoms with Gasteiger partial charge in [0.2, 0.25) is 0 Å². The van der Waals surface area contributed by atoms with Gasteiger partial charge < -0.3 is 0 Å². The predicted molar refractivity (Wildman–Crippen MR) is 64.8 cm³/mol. The molecule has 1 heteroatoms. The summed E-state index contributed by atoms with van der Waals surface area (Å²) in [6.07, 6.45) is 5.78. The smallest absolute Gasteiger partial charge is 0.0325 e. The lowest BCUT2D eigenvalue weighted by atomic mass is 10.0. The van der Waals surface area contributed by atoms with E-state index in [0.717, 1.165) is 0 Å². The van der Waals surface area contributed by atoms with Crippen molar-refractivity contribution in [2.45, 2.75) is 32.4 Å². The van der Waals surface area contributed by atoms with Crippen molar-refractivity contribution in [3.05, 3.63) is 48.0 Å². The van der Waals surface area contributed by atoms with Gasteiger partial charge in [0, 0.05) is 18.6 Å². The summed E-state index contributed by atoms with van der Waals surface area (Å²) < 4.78 is 0. The van der Waals surface area contributed by atoms with E-state index < -0.39 is 0 Å². The minimum atomic E-state index is 0.520. The molecule has 0 unspecified atom stereocenters. The van der Waals surface area contributed by atoms with Crippen molar-refractivity contribution in [1.29, 1.82) is 0 Å². The average Bonchev–Trinajstić information content (AvgIpc) is 2.30. The van der Waals surface area contributed by atoms with E-state index in [1.165, 1.54) is 18.5 Å². The van der Waals surface area contributed by atoms with Crippen LogP contribution in [-0.2, 0) is 0 Å². The van der Waals surface area contributed by atoms with Gasteiger partial charge in [-0.25, -0.2) is 0 Å². The Hall–Kier alpha value is -1.08. The number of hydrogen-bond donors (Lipinski definition) is 0. The Kier molecular flexibility index (Phi) is 3.22. The van der Waals surface area contributed by atoms with Gasteiger partial charge in [-0.15, -0.1) is 0 Å². The third-order valence-electron chi connectivity index (χ3n) is 3.27. The molecule has 2 rings (SSSR count). The van der Waals surface area contributed by atoms with E-state index in [0.29, 0.717) is 12.1 Å². The summed E-state index contributed by atoms with van der Waals surface area (Å²) in [5.74, 6) is 0. The van der Waals surface area contributed by atoms with E-state index in [9.17, 15) is 0 Å². The lowest BCUT2D eigenvalue weighted by molar-refractivity contribution is 0.176. The molecule has 1 nitrogen and oxygen atoms in total. The van der Waals surface area contributed by atoms with Gasteiger partial charge in [-0.05, 0) is 25.8 Å². The quantitative estimate of drug-likeness (QED) is 0.663. The zero-order valence-electron chi connectivity index (χ0n) is 9.56. The van der Waals surface area contributed by atoms with Crippen molar-refractivity contribution in [3.63, 3.8) is 0 Å². The van der Waals surface area contributed by atoms with Crippen molar-refractivity contribution < 1.29 is 0 Å². The third-order valence-corrected chi connectivity index (χ3v) is 3.27. The number of benzene rings is 1. The fourth-order valence-electron chi connectivity index (χ4n) is 2.30. The van der Waals surface area contributed by atoms with Crippen molar-refractivity contribution in [1.82, 2.24) is 4.90 Å². The summed E-state index contributed by atoms with van der Waals surface area (Å²) in [6, 6.07) is 11.8. The summed E-state index contributed by atoms with van der Waals surface area (Å²) in [5, 5.41) is 0. The second-order valence-corrected chi connectivity index (χ2v) is 4.28. The SMILES string of the molecule is C[C@H]1C=CCCN1[C@@H](C)c1ccccc1. The molecule has 0 N–H and O–H groups in total. The highest BCUT2D eigenvalue weighted by Crippen LogP contribution is 2.24. The van der Waals surface area contributed by atoms with Crippen LogP contribution in [0, 0.1) is 0 Å². The molecule has 0 saturated carbocycles. The molecule has 0 bridgehead atoms. The second-order valence-electron chi connectivity index (χ2n) is 4.28. The monoisotopic (exact) mass is 201 g/mol. The van der Waals surface area contributed by atoms with Crippen LogP contribution in [0.3, 0.4) is 0 Å². The Balaban J connectivity index is 2.14. The van der Waals surface area contributed by atoms with Crippen LogP contribution < -0.4 is 0 Å². The molecular weight excluding hydrogens is 182 g/mol. The highest BCUT2D eigenvalue weighted by molar-refractivity contribution is 5.19. The number of hydrogen-bond acceptors (Lipinski definition) is 1. The Morgan fingerprint density at radius 3 is 2.67 bits per heavy atom. The fourth-order valence-corrected chi connectivity index (χ4v) is 2.30. The first-order valence-electron chi connectivity index (χ1n) is 5.76. The highest BCUT2D eigenvalue weighted by atomic mass is 15.2. The third kappa shape index (κ3) is 2.29. The van der Waals surface area contributed by atoms with Gasteiger partial charge in [0.25, 0.3) is 0 Å². The van der Waals surface area contributed by atoms with Crippen LogP contribution in [-0.4, -0.2) is 17.5 Å². The summed E-state index contributed by atoms with van der Waals surface area (Å²) >= 11 is 0. The largest absolute Gasteiger partial charge is 0.290 e. The topological polar surface area (TPSA) is 3.24 Å². The molecule has 1 aliphatic heterocycles. The van der Waals surface area contributed by atoms with Gasteiger partial charge in [-0.2, -0.15) is 0 Å². The molecule has 1 aliphatic rings. The van der Waals surface area contributed by atoms with Crippen LogP contribution in [0.15, 0.2) is 42.5 Å². The van der Waals surface area contributed by atoms with Crippen molar-refractivity contribution in [2.24, 2.45) is 0 Å². The Morgan fingerprint density at radius 2 is 2.00 bits per heavy atom. The number of nitrogens with zero attached hydrogens (tertiary/aromatic N) is 1. The van der Waals surface area contributed by atoms with Gasteiger partial charge in [-0.3, -0.25) is 4.90 Å². The van der Waals surface area contributed by atoms with Gasteiger partial charge in [0.15, 0.2) is 0 Å². The first kappa shape index (κ1) is 10.4. The van der Waals surface area contributed by atoms with Crippen molar-refractivity contribution >= 4 is 0 Å². The molecule has 15 heavy (non-hydrogen) atoms. The zero-order chi connectivity index (χ0) is 10.7. The molecule has 2 atom stereocenters. The van der Waals surface area contributed by atoms with Crippen molar-refractivity contribution in [2.75, 3.05) is 6.54 Å². The summed E-state index contributed by atoms with van der Waals surface area (Å²) in [6.45, 7) is 5.74. The molecule has 1 aromatic carbocycles. The molecule has 0 fully saturated rings. The van der Waals surface area contributed by atoms with Crippen LogP contribution in [0.5, 0.6) is 0 Å². The van der Waals surface area contributed by atoms with Crippen LogP contribution in [0.25, 0.3) is 0 Å². The van der Waals surface area contributed by atoms with E-state index in [-0.39, 0.29) is 0 Å². The van der Waals surface area contributed by atoms with E-state index in [1.54, 1.807) is 0 Å². The van der Waals surface area contributed by atoms with E-state index >= 15 is 0 Å². The maximum Gasteiger partial charge on any atom is 0.0325 e. The maximum atomic E-state index is 2.55. The molecule has 0 amide bonds. The minimum Gasteiger partial charge on any atom is -0.290 e. The maximum absolute atomic E-state index is 2.55. The van der Waals surface area contributed by atoms with Gasteiger partial charge in [-0.1, -0.05) is 42.5 Å². The molecule has 0 aliphatic carbocycles. The summed E-state index contributed by atoms with van der Waals surface area (Å²) in [5.41, 5.74) is 1.42. The Bertz CT molecular complexity index is 328. The van der Waals surface area contributed by atoms with Crippen LogP contribution in [0.2, 0.25) is 0 Å². The first-order valence-corrected chi connectivity index (χ1v) is 5.76. The summed E-state index contributed by atoms with van der Waals surface area (Å²) in [7, 11) is 0. The number of rotatable bonds is 2. The first-order chi connectivity index (χ1) is 7.29. The predicted octanol–water partition coefficient (Wildman–Crippen LogP) is 3.40. The highest BCUT2D eigenvalue weighted by Gasteiger charge is 2.20. The molecule has 1 aromatic rings. The molecule has 0 spiro atoms. The van der Waals surface area contributed by atoms with Gasteiger partial charge >= 0.3 is 0 Å². The Morgan fingerprint density at radius 1 is 1.27 bits per heavy atom. The second kappa shape index (κ2) is 4.63. The standard InChI is InChI=1S/C14H19N/c1-12-8-6-7-11-15(12)13(2)14-9-4-3-5-10-14/h3-6,8-10,12-13H,7,11H2,1-2H3/t12-,13-/m0/s1. The molecule has 80 valence electrons. The van der Waals surface area contributed by atoms with E-state index in [1.807, 2.05) is 0 Å². The molecule has 0 saturated heterocycles. The van der Waals surface area contributed by atoms with E-state index in [4.69, 9.17) is 0 Å². The molecule has 1 heterocycles. The van der Waals surface area contributed by atoms with Gasteiger partial charge in [0.05, 0.1) is 0 Å². The van der Waals surface area contributed by atoms with Gasteiger partial charge in [0.1, 0.15) is 0 Å². The van der Waals surface area contributed by atoms with Crippen LogP contribution >= 0.6 is 0 Å². The average molecular weight is 201 g/mol. The minimum absolute atomic E-state index is 0.520. The molecule has 0 radical (unpaired) electrons. The fraction of sp³-hybridized carbons (Fsp3) is 0.429. The Labute approximate surface area is 92.4 Å². The van der Waals surface area contributed by atoms with E-state index in [2.05, 4.69) is 61.2 Å². The summed E-state index contributed by atoms with van der Waals surface area (Å²) in [4.78, 5) is 2.55.